The summed E-state index contributed by atoms with van der Waals surface area (Å²) in [5.74, 6) is -0.890. The summed E-state index contributed by atoms with van der Waals surface area (Å²) in [4.78, 5) is 28.8. The van der Waals surface area contributed by atoms with Crippen molar-refractivity contribution in [2.45, 2.75) is 25.0 Å². The molecule has 4 aromatic rings. The van der Waals surface area contributed by atoms with Gasteiger partial charge in [0.1, 0.15) is 12.1 Å². The van der Waals surface area contributed by atoms with Crippen molar-refractivity contribution in [2.75, 3.05) is 19.7 Å². The summed E-state index contributed by atoms with van der Waals surface area (Å²) in [6.07, 6.45) is 0.537. The molecule has 2 atom stereocenters. The number of carbonyl (C=O) groups is 1. The molecule has 5 rings (SSSR count). The topological polar surface area (TPSA) is 130 Å². The van der Waals surface area contributed by atoms with Crippen molar-refractivity contribution >= 4 is 27.9 Å². The zero-order valence-electron chi connectivity index (χ0n) is 18.8. The van der Waals surface area contributed by atoms with Crippen LogP contribution in [-0.4, -0.2) is 52.2 Å². The monoisotopic (exact) mass is 459 g/mol. The van der Waals surface area contributed by atoms with Gasteiger partial charge in [0.15, 0.2) is 5.58 Å². The summed E-state index contributed by atoms with van der Waals surface area (Å²) in [6, 6.07) is 15.8. The SMILES string of the molecule is Cn1c(=O)oc2ccc(-c3ccc4[nH]c(C[C@@H](C#N)N5CCCOC(C(N)=O)C5)cc4c3)cc21. The number of nitrogens with one attached hydrogen (secondary N) is 1. The average molecular weight is 460 g/mol. The minimum Gasteiger partial charge on any atom is -0.408 e. The van der Waals surface area contributed by atoms with E-state index in [2.05, 4.69) is 23.2 Å². The van der Waals surface area contributed by atoms with Gasteiger partial charge >= 0.3 is 5.76 Å². The fraction of sp³-hybridized carbons (Fsp3) is 0.320. The summed E-state index contributed by atoms with van der Waals surface area (Å²) in [7, 11) is 1.69. The summed E-state index contributed by atoms with van der Waals surface area (Å²) < 4.78 is 12.2. The summed E-state index contributed by atoms with van der Waals surface area (Å²) in [6.45, 7) is 1.44. The van der Waals surface area contributed by atoms with Crippen molar-refractivity contribution in [3.63, 3.8) is 0 Å². The Labute approximate surface area is 195 Å². The Bertz CT molecular complexity index is 1470. The second-order valence-electron chi connectivity index (χ2n) is 8.67. The number of nitriles is 1. The van der Waals surface area contributed by atoms with E-state index in [-0.39, 0.29) is 5.76 Å². The lowest BCUT2D eigenvalue weighted by Crippen LogP contribution is -2.44. The maximum absolute atomic E-state index is 11.8. The second-order valence-corrected chi connectivity index (χ2v) is 8.67. The number of rotatable bonds is 5. The van der Waals surface area contributed by atoms with Crippen LogP contribution in [0, 0.1) is 11.3 Å². The maximum atomic E-state index is 11.8. The third kappa shape index (κ3) is 4.09. The summed E-state index contributed by atoms with van der Waals surface area (Å²) in [5.41, 5.74) is 10.6. The average Bonchev–Trinajstić information content (AvgIpc) is 3.24. The molecule has 1 aliphatic heterocycles. The number of nitrogens with zero attached hydrogens (tertiary/aromatic N) is 3. The Kier molecular flexibility index (Phi) is 5.69. The van der Waals surface area contributed by atoms with E-state index in [1.54, 1.807) is 13.1 Å². The first-order valence-electron chi connectivity index (χ1n) is 11.2. The standard InChI is InChI=1S/C25H25N5O4/c1-29-21-11-16(4-6-22(21)34-25(29)32)15-3-5-20-17(9-15)10-18(28-20)12-19(13-26)30-7-2-8-33-23(14-30)24(27)31/h3-6,9-11,19,23,28H,2,7-8,12,14H2,1H3,(H2,27,31)/t19-,23?/m0/s1. The normalized spacial score (nSPS) is 18.1. The lowest BCUT2D eigenvalue weighted by Gasteiger charge is -2.26. The Morgan fingerprint density at radius 1 is 1.26 bits per heavy atom. The predicted octanol–water partition coefficient (Wildman–Crippen LogP) is 2.29. The van der Waals surface area contributed by atoms with Crippen LogP contribution < -0.4 is 11.5 Å². The molecule has 0 bridgehead atoms. The Morgan fingerprint density at radius 2 is 2.06 bits per heavy atom. The molecular weight excluding hydrogens is 434 g/mol. The van der Waals surface area contributed by atoms with E-state index in [1.807, 2.05) is 29.2 Å². The maximum Gasteiger partial charge on any atom is 0.419 e. The number of benzene rings is 2. The van der Waals surface area contributed by atoms with Gasteiger partial charge in [-0.15, -0.1) is 0 Å². The van der Waals surface area contributed by atoms with E-state index in [1.165, 1.54) is 4.57 Å². The molecule has 9 heteroatoms. The van der Waals surface area contributed by atoms with E-state index in [4.69, 9.17) is 14.9 Å². The third-order valence-electron chi connectivity index (χ3n) is 6.43. The number of aromatic amines is 1. The zero-order chi connectivity index (χ0) is 23.8. The van der Waals surface area contributed by atoms with Gasteiger partial charge in [-0.3, -0.25) is 14.3 Å². The van der Waals surface area contributed by atoms with Crippen molar-refractivity contribution in [3.05, 3.63) is 58.7 Å². The number of hydrogen-bond acceptors (Lipinski definition) is 6. The first-order valence-corrected chi connectivity index (χ1v) is 11.2. The van der Waals surface area contributed by atoms with Gasteiger partial charge in [0.25, 0.3) is 0 Å². The fourth-order valence-corrected chi connectivity index (χ4v) is 4.56. The van der Waals surface area contributed by atoms with Crippen LogP contribution in [0.2, 0.25) is 0 Å². The molecule has 1 unspecified atom stereocenters. The molecule has 0 spiro atoms. The number of primary amides is 1. The molecule has 0 radical (unpaired) electrons. The van der Waals surface area contributed by atoms with E-state index in [0.717, 1.165) is 39.7 Å². The molecule has 0 saturated carbocycles. The highest BCUT2D eigenvalue weighted by atomic mass is 16.5. The number of nitrogens with two attached hydrogens (primary N) is 1. The van der Waals surface area contributed by atoms with E-state index < -0.39 is 18.1 Å². The highest BCUT2D eigenvalue weighted by Gasteiger charge is 2.28. The van der Waals surface area contributed by atoms with E-state index in [0.29, 0.717) is 31.7 Å². The van der Waals surface area contributed by atoms with E-state index in [9.17, 15) is 14.9 Å². The molecular formula is C25H25N5O4. The Balaban J connectivity index is 1.40. The Morgan fingerprint density at radius 3 is 2.85 bits per heavy atom. The van der Waals surface area contributed by atoms with Crippen LogP contribution in [0.5, 0.6) is 0 Å². The smallest absolute Gasteiger partial charge is 0.408 e. The van der Waals surface area contributed by atoms with Gasteiger partial charge in [-0.2, -0.15) is 5.26 Å². The van der Waals surface area contributed by atoms with Crippen molar-refractivity contribution in [2.24, 2.45) is 12.8 Å². The van der Waals surface area contributed by atoms with Gasteiger partial charge in [-0.25, -0.2) is 4.79 Å². The molecule has 1 fully saturated rings. The number of H-pyrrole nitrogens is 1. The van der Waals surface area contributed by atoms with Crippen LogP contribution in [0.1, 0.15) is 12.1 Å². The molecule has 9 nitrogen and oxygen atoms in total. The van der Waals surface area contributed by atoms with Crippen LogP contribution >= 0.6 is 0 Å². The van der Waals surface area contributed by atoms with Crippen LogP contribution in [0.25, 0.3) is 33.1 Å². The van der Waals surface area contributed by atoms with Gasteiger partial charge in [0.2, 0.25) is 5.91 Å². The number of hydrogen-bond donors (Lipinski definition) is 2. The first-order chi connectivity index (χ1) is 16.4. The molecule has 0 aliphatic carbocycles. The van der Waals surface area contributed by atoms with Crippen LogP contribution in [0.3, 0.4) is 0 Å². The summed E-state index contributed by atoms with van der Waals surface area (Å²) in [5, 5.41) is 10.9. The highest BCUT2D eigenvalue weighted by Crippen LogP contribution is 2.28. The largest absolute Gasteiger partial charge is 0.419 e. The number of ether oxygens (including phenoxy) is 1. The summed E-state index contributed by atoms with van der Waals surface area (Å²) >= 11 is 0. The Hall–Kier alpha value is -3.87. The first kappa shape index (κ1) is 21.9. The fourth-order valence-electron chi connectivity index (χ4n) is 4.56. The van der Waals surface area contributed by atoms with Gasteiger partial charge in [-0.05, 0) is 47.9 Å². The number of aromatic nitrogens is 2. The lowest BCUT2D eigenvalue weighted by atomic mass is 10.0. The molecule has 3 N–H and O–H groups in total. The minimum atomic E-state index is -0.698. The lowest BCUT2D eigenvalue weighted by molar-refractivity contribution is -0.129. The molecule has 174 valence electrons. The molecule has 3 heterocycles. The van der Waals surface area contributed by atoms with Crippen LogP contribution in [-0.2, 0) is 23.0 Å². The number of oxazole rings is 1. The van der Waals surface area contributed by atoms with Crippen LogP contribution in [0.4, 0.5) is 0 Å². The van der Waals surface area contributed by atoms with Crippen molar-refractivity contribution in [1.82, 2.24) is 14.5 Å². The van der Waals surface area contributed by atoms with E-state index >= 15 is 0 Å². The third-order valence-corrected chi connectivity index (χ3v) is 6.43. The van der Waals surface area contributed by atoms with Crippen molar-refractivity contribution in [3.8, 4) is 17.2 Å². The van der Waals surface area contributed by atoms with Crippen molar-refractivity contribution < 1.29 is 13.9 Å². The van der Waals surface area contributed by atoms with Gasteiger partial charge in [0, 0.05) is 49.8 Å². The number of amides is 1. The number of carbonyl (C=O) groups excluding carboxylic acids is 1. The number of fused-ring (bicyclic) bond motifs is 2. The second kappa shape index (κ2) is 8.82. The van der Waals surface area contributed by atoms with Gasteiger partial charge < -0.3 is 19.9 Å². The molecule has 1 saturated heterocycles. The van der Waals surface area contributed by atoms with Gasteiger partial charge in [-0.1, -0.05) is 12.1 Å². The molecule has 2 aromatic heterocycles. The van der Waals surface area contributed by atoms with Gasteiger partial charge in [0.05, 0.1) is 11.6 Å². The molecule has 2 aromatic carbocycles. The van der Waals surface area contributed by atoms with Crippen molar-refractivity contribution in [1.29, 1.82) is 5.26 Å². The molecule has 1 amide bonds. The zero-order valence-corrected chi connectivity index (χ0v) is 18.8. The molecule has 34 heavy (non-hydrogen) atoms. The minimum absolute atomic E-state index is 0.316. The number of aryl methyl sites for hydroxylation is 1. The van der Waals surface area contributed by atoms with Crippen LogP contribution in [0.15, 0.2) is 51.7 Å². The highest BCUT2D eigenvalue weighted by molar-refractivity contribution is 5.88. The predicted molar refractivity (Wildman–Crippen MR) is 127 cm³/mol. The molecule has 1 aliphatic rings. The quantitative estimate of drug-likeness (QED) is 0.471.